The van der Waals surface area contributed by atoms with E-state index in [0.717, 1.165) is 17.7 Å². The molecule has 1 fully saturated rings. The van der Waals surface area contributed by atoms with E-state index in [4.69, 9.17) is 4.74 Å². The van der Waals surface area contributed by atoms with Crippen molar-refractivity contribution in [1.29, 1.82) is 0 Å². The highest BCUT2D eigenvalue weighted by Gasteiger charge is 2.44. The summed E-state index contributed by atoms with van der Waals surface area (Å²) in [5.74, 6) is -0.0957. The van der Waals surface area contributed by atoms with Gasteiger partial charge in [0.15, 0.2) is 6.10 Å². The van der Waals surface area contributed by atoms with Crippen molar-refractivity contribution >= 4 is 23.6 Å². The molecule has 3 rings (SSSR count). The molecule has 5 nitrogen and oxygen atoms in total. The van der Waals surface area contributed by atoms with E-state index >= 15 is 0 Å². The average Bonchev–Trinajstić information content (AvgIpc) is 2.96. The maximum absolute atomic E-state index is 12.4. The third kappa shape index (κ3) is 2.72. The molecule has 21 heavy (non-hydrogen) atoms. The molecule has 0 aromatic heterocycles. The molecule has 0 unspecified atom stereocenters. The van der Waals surface area contributed by atoms with Crippen molar-refractivity contribution in [3.63, 3.8) is 0 Å². The second-order valence-electron chi connectivity index (χ2n) is 5.45. The van der Waals surface area contributed by atoms with Crippen LogP contribution in [0, 0.1) is 0 Å². The van der Waals surface area contributed by atoms with Gasteiger partial charge in [0.05, 0.1) is 0 Å². The highest BCUT2D eigenvalue weighted by Crippen LogP contribution is 2.36. The molecule has 112 valence electrons. The number of fused-ring (bicyclic) bond motifs is 1. The Morgan fingerprint density at radius 1 is 1.29 bits per heavy atom. The Bertz CT molecular complexity index is 569. The van der Waals surface area contributed by atoms with Crippen LogP contribution in [0.1, 0.15) is 25.7 Å². The molecule has 0 saturated heterocycles. The second kappa shape index (κ2) is 5.60. The van der Waals surface area contributed by atoms with Crippen molar-refractivity contribution in [2.45, 2.75) is 42.2 Å². The predicted molar refractivity (Wildman–Crippen MR) is 78.6 cm³/mol. The van der Waals surface area contributed by atoms with E-state index in [1.807, 2.05) is 24.3 Å². The summed E-state index contributed by atoms with van der Waals surface area (Å²) < 4.78 is 5.70. The van der Waals surface area contributed by atoms with Crippen LogP contribution in [0.25, 0.3) is 0 Å². The van der Waals surface area contributed by atoms with Crippen LogP contribution in [0.3, 0.4) is 0 Å². The fourth-order valence-electron chi connectivity index (χ4n) is 2.84. The van der Waals surface area contributed by atoms with E-state index in [0.29, 0.717) is 24.3 Å². The van der Waals surface area contributed by atoms with Crippen LogP contribution in [0.15, 0.2) is 29.2 Å². The number of amides is 1. The van der Waals surface area contributed by atoms with Gasteiger partial charge in [-0.25, -0.2) is 4.79 Å². The highest BCUT2D eigenvalue weighted by atomic mass is 32.2. The van der Waals surface area contributed by atoms with Gasteiger partial charge in [0.1, 0.15) is 11.3 Å². The number of carbonyl (C=O) groups excluding carboxylic acids is 1. The Morgan fingerprint density at radius 3 is 2.71 bits per heavy atom. The van der Waals surface area contributed by atoms with E-state index in [2.05, 4.69) is 5.32 Å². The smallest absolute Gasteiger partial charge is 0.329 e. The number of thioether (sulfide) groups is 1. The van der Waals surface area contributed by atoms with Gasteiger partial charge in [-0.05, 0) is 25.0 Å². The van der Waals surface area contributed by atoms with Crippen molar-refractivity contribution < 1.29 is 19.4 Å². The van der Waals surface area contributed by atoms with E-state index in [1.54, 1.807) is 11.8 Å². The normalized spacial score (nSPS) is 23.0. The zero-order valence-corrected chi connectivity index (χ0v) is 12.3. The van der Waals surface area contributed by atoms with E-state index in [1.165, 1.54) is 0 Å². The standard InChI is InChI=1S/C15H17NO4S/c17-13(16-15(14(18)19)7-3-4-8-15)11-9-21-12-6-2-1-5-10(12)20-11/h1-2,5-6,11H,3-4,7-9H2,(H,16,17)(H,18,19)/t11-/m1/s1. The number of para-hydroxylation sites is 1. The summed E-state index contributed by atoms with van der Waals surface area (Å²) in [5.41, 5.74) is -1.11. The lowest BCUT2D eigenvalue weighted by Crippen LogP contribution is -2.56. The van der Waals surface area contributed by atoms with Crippen molar-refractivity contribution in [2.24, 2.45) is 0 Å². The zero-order chi connectivity index (χ0) is 14.9. The summed E-state index contributed by atoms with van der Waals surface area (Å²) in [4.78, 5) is 24.8. The number of aliphatic carboxylic acids is 1. The molecule has 1 saturated carbocycles. The lowest BCUT2D eigenvalue weighted by molar-refractivity contribution is -0.148. The molecular weight excluding hydrogens is 290 g/mol. The molecule has 0 radical (unpaired) electrons. The zero-order valence-electron chi connectivity index (χ0n) is 11.5. The number of ether oxygens (including phenoxy) is 1. The molecular formula is C15H17NO4S. The molecule has 2 aliphatic rings. The fourth-order valence-corrected chi connectivity index (χ4v) is 3.82. The van der Waals surface area contributed by atoms with Crippen molar-refractivity contribution in [1.82, 2.24) is 5.32 Å². The minimum Gasteiger partial charge on any atom is -0.480 e. The SMILES string of the molecule is O=C(NC1(C(=O)O)CCCC1)[C@H]1CSc2ccccc2O1. The minimum absolute atomic E-state index is 0.332. The van der Waals surface area contributed by atoms with Gasteiger partial charge in [-0.1, -0.05) is 25.0 Å². The molecule has 1 aliphatic heterocycles. The van der Waals surface area contributed by atoms with Crippen LogP contribution in [0.5, 0.6) is 5.75 Å². The molecule has 2 N–H and O–H groups in total. The van der Waals surface area contributed by atoms with Crippen molar-refractivity contribution in [3.8, 4) is 5.75 Å². The maximum atomic E-state index is 12.4. The van der Waals surface area contributed by atoms with E-state index in [-0.39, 0.29) is 5.91 Å². The number of carboxylic acids is 1. The number of hydrogen-bond donors (Lipinski definition) is 2. The first-order valence-corrected chi connectivity index (χ1v) is 8.03. The van der Waals surface area contributed by atoms with Crippen molar-refractivity contribution in [2.75, 3.05) is 5.75 Å². The lowest BCUT2D eigenvalue weighted by atomic mass is 9.97. The Balaban J connectivity index is 1.71. The number of nitrogens with one attached hydrogen (secondary N) is 1. The fraction of sp³-hybridized carbons (Fsp3) is 0.467. The summed E-state index contributed by atoms with van der Waals surface area (Å²) >= 11 is 1.56. The monoisotopic (exact) mass is 307 g/mol. The van der Waals surface area contributed by atoms with Crippen LogP contribution >= 0.6 is 11.8 Å². The Hall–Kier alpha value is -1.69. The van der Waals surface area contributed by atoms with Crippen molar-refractivity contribution in [3.05, 3.63) is 24.3 Å². The van der Waals surface area contributed by atoms with Gasteiger partial charge < -0.3 is 15.2 Å². The first-order valence-electron chi connectivity index (χ1n) is 7.05. The molecule has 1 heterocycles. The average molecular weight is 307 g/mol. The van der Waals surface area contributed by atoms with Gasteiger partial charge in [0, 0.05) is 10.6 Å². The van der Waals surface area contributed by atoms with Gasteiger partial charge in [0.2, 0.25) is 0 Å². The maximum Gasteiger partial charge on any atom is 0.329 e. The molecule has 1 aromatic carbocycles. The third-order valence-corrected chi connectivity index (χ3v) is 5.15. The first-order chi connectivity index (χ1) is 10.1. The van der Waals surface area contributed by atoms with Gasteiger partial charge in [-0.3, -0.25) is 4.79 Å². The topological polar surface area (TPSA) is 75.6 Å². The molecule has 1 atom stereocenters. The van der Waals surface area contributed by atoms with Gasteiger partial charge in [-0.15, -0.1) is 11.8 Å². The summed E-state index contributed by atoms with van der Waals surface area (Å²) in [6.45, 7) is 0. The van der Waals surface area contributed by atoms with Gasteiger partial charge >= 0.3 is 5.97 Å². The Morgan fingerprint density at radius 2 is 2.00 bits per heavy atom. The Kier molecular flexibility index (Phi) is 3.80. The number of carboxylic acid groups (broad SMARTS) is 1. The number of rotatable bonds is 3. The quantitative estimate of drug-likeness (QED) is 0.894. The second-order valence-corrected chi connectivity index (χ2v) is 6.51. The summed E-state index contributed by atoms with van der Waals surface area (Å²) in [7, 11) is 0. The largest absolute Gasteiger partial charge is 0.480 e. The molecule has 0 spiro atoms. The third-order valence-electron chi connectivity index (χ3n) is 4.03. The van der Waals surface area contributed by atoms with Gasteiger partial charge in [-0.2, -0.15) is 0 Å². The minimum atomic E-state index is -1.11. The van der Waals surface area contributed by atoms with Crippen LogP contribution in [-0.4, -0.2) is 34.4 Å². The van der Waals surface area contributed by atoms with Gasteiger partial charge in [0.25, 0.3) is 5.91 Å². The Labute approximate surface area is 127 Å². The first kappa shape index (κ1) is 14.3. The number of hydrogen-bond acceptors (Lipinski definition) is 4. The highest BCUT2D eigenvalue weighted by molar-refractivity contribution is 7.99. The number of carbonyl (C=O) groups is 2. The summed E-state index contributed by atoms with van der Waals surface area (Å²) in [6, 6.07) is 7.55. The lowest BCUT2D eigenvalue weighted by Gasteiger charge is -2.30. The summed E-state index contributed by atoms with van der Waals surface area (Å²) in [6.07, 6.45) is 2.00. The molecule has 1 aromatic rings. The predicted octanol–water partition coefficient (Wildman–Crippen LogP) is 2.05. The molecule has 1 aliphatic carbocycles. The van der Waals surface area contributed by atoms with E-state index < -0.39 is 17.6 Å². The van der Waals surface area contributed by atoms with Crippen LogP contribution in [0.4, 0.5) is 0 Å². The summed E-state index contributed by atoms with van der Waals surface area (Å²) in [5, 5.41) is 12.1. The number of benzene rings is 1. The molecule has 6 heteroatoms. The van der Waals surface area contributed by atoms with Crippen LogP contribution < -0.4 is 10.1 Å². The molecule has 1 amide bonds. The van der Waals surface area contributed by atoms with E-state index in [9.17, 15) is 14.7 Å². The van der Waals surface area contributed by atoms with Crippen LogP contribution in [0.2, 0.25) is 0 Å². The van der Waals surface area contributed by atoms with Crippen LogP contribution in [-0.2, 0) is 9.59 Å². The molecule has 0 bridgehead atoms.